The number of hydrogen-bond acceptors (Lipinski definition) is 2. The summed E-state index contributed by atoms with van der Waals surface area (Å²) in [4.78, 5) is 7.63. The topological polar surface area (TPSA) is 25.8 Å². The molecule has 2 heteroatoms. The smallest absolute Gasteiger partial charge is 0.0273 e. The standard InChI is InChI=1S/C8H8.C7H7N.C5H5N/c1-2-8-6-4-3-5-7-8;1-2-7-3-5-8-6-4-7;1-2-4-6-5-3-1/h2-7H,1H2;2-6H,1H2;1-5H. The van der Waals surface area contributed by atoms with Crippen LogP contribution in [0.15, 0.2) is 98.6 Å². The highest BCUT2D eigenvalue weighted by atomic mass is 14.6. The van der Waals surface area contributed by atoms with Crippen molar-refractivity contribution in [2.75, 3.05) is 0 Å². The van der Waals surface area contributed by atoms with Crippen LogP contribution in [0.25, 0.3) is 12.2 Å². The van der Waals surface area contributed by atoms with Crippen molar-refractivity contribution >= 4 is 12.2 Å². The summed E-state index contributed by atoms with van der Waals surface area (Å²) in [5.74, 6) is 0. The Hall–Kier alpha value is -3.00. The molecule has 0 aliphatic heterocycles. The first kappa shape index (κ1) is 17.1. The fraction of sp³-hybridized carbons (Fsp3) is 0. The minimum absolute atomic E-state index is 1.11. The van der Waals surface area contributed by atoms with Gasteiger partial charge in [0.1, 0.15) is 0 Å². The van der Waals surface area contributed by atoms with Crippen LogP contribution >= 0.6 is 0 Å². The van der Waals surface area contributed by atoms with E-state index in [-0.39, 0.29) is 0 Å². The van der Waals surface area contributed by atoms with Crippen molar-refractivity contribution in [3.63, 3.8) is 0 Å². The molecule has 0 fully saturated rings. The molecule has 0 N–H and O–H groups in total. The zero-order valence-electron chi connectivity index (χ0n) is 12.5. The summed E-state index contributed by atoms with van der Waals surface area (Å²) < 4.78 is 0. The average Bonchev–Trinajstić information content (AvgIpc) is 2.65. The molecule has 0 spiro atoms. The van der Waals surface area contributed by atoms with E-state index in [9.17, 15) is 0 Å². The summed E-state index contributed by atoms with van der Waals surface area (Å²) in [6, 6.07) is 19.6. The van der Waals surface area contributed by atoms with Gasteiger partial charge in [0.2, 0.25) is 0 Å². The lowest BCUT2D eigenvalue weighted by Gasteiger charge is -1.85. The molecule has 2 aromatic heterocycles. The quantitative estimate of drug-likeness (QED) is 0.653. The van der Waals surface area contributed by atoms with Crippen molar-refractivity contribution in [2.45, 2.75) is 0 Å². The molecule has 0 bridgehead atoms. The summed E-state index contributed by atoms with van der Waals surface area (Å²) in [5, 5.41) is 0. The van der Waals surface area contributed by atoms with Crippen LogP contribution in [0, 0.1) is 0 Å². The first-order valence-electron chi connectivity index (χ1n) is 6.91. The predicted molar refractivity (Wildman–Crippen MR) is 95.1 cm³/mol. The van der Waals surface area contributed by atoms with Crippen molar-refractivity contribution in [1.82, 2.24) is 9.97 Å². The lowest BCUT2D eigenvalue weighted by Crippen LogP contribution is -1.69. The predicted octanol–water partition coefficient (Wildman–Crippen LogP) is 5.14. The van der Waals surface area contributed by atoms with Crippen LogP contribution in [0.1, 0.15) is 11.1 Å². The van der Waals surface area contributed by atoms with Crippen LogP contribution in [0.3, 0.4) is 0 Å². The fourth-order valence-electron chi connectivity index (χ4n) is 1.40. The van der Waals surface area contributed by atoms with Crippen molar-refractivity contribution in [3.8, 4) is 0 Å². The highest BCUT2D eigenvalue weighted by molar-refractivity contribution is 5.45. The van der Waals surface area contributed by atoms with E-state index in [1.807, 2.05) is 66.7 Å². The van der Waals surface area contributed by atoms with Crippen LogP contribution < -0.4 is 0 Å². The third kappa shape index (κ3) is 8.23. The summed E-state index contributed by atoms with van der Waals surface area (Å²) in [6.07, 6.45) is 10.6. The molecule has 2 nitrogen and oxygen atoms in total. The van der Waals surface area contributed by atoms with Crippen LogP contribution in [0.5, 0.6) is 0 Å². The van der Waals surface area contributed by atoms with E-state index in [1.54, 1.807) is 30.9 Å². The second-order valence-corrected chi connectivity index (χ2v) is 4.12. The maximum Gasteiger partial charge on any atom is 0.0273 e. The summed E-state index contributed by atoms with van der Waals surface area (Å²) >= 11 is 0. The molecule has 0 radical (unpaired) electrons. The van der Waals surface area contributed by atoms with Gasteiger partial charge in [-0.2, -0.15) is 0 Å². The van der Waals surface area contributed by atoms with Gasteiger partial charge < -0.3 is 0 Å². The normalized spacial score (nSPS) is 8.36. The maximum absolute atomic E-state index is 3.85. The van der Waals surface area contributed by atoms with E-state index >= 15 is 0 Å². The van der Waals surface area contributed by atoms with E-state index < -0.39 is 0 Å². The van der Waals surface area contributed by atoms with E-state index in [0.717, 1.165) is 5.56 Å². The minimum atomic E-state index is 1.11. The Morgan fingerprint density at radius 2 is 1.00 bits per heavy atom. The van der Waals surface area contributed by atoms with E-state index in [2.05, 4.69) is 23.1 Å². The third-order valence-corrected chi connectivity index (χ3v) is 2.54. The Balaban J connectivity index is 0.000000167. The van der Waals surface area contributed by atoms with Crippen molar-refractivity contribution in [1.29, 1.82) is 0 Å². The summed E-state index contributed by atoms with van der Waals surface area (Å²) in [7, 11) is 0. The number of pyridine rings is 2. The summed E-state index contributed by atoms with van der Waals surface area (Å²) in [5.41, 5.74) is 2.28. The average molecular weight is 288 g/mol. The molecule has 110 valence electrons. The lowest BCUT2D eigenvalue weighted by molar-refractivity contribution is 1.32. The van der Waals surface area contributed by atoms with Gasteiger partial charge >= 0.3 is 0 Å². The van der Waals surface area contributed by atoms with Crippen LogP contribution in [-0.4, -0.2) is 9.97 Å². The molecule has 22 heavy (non-hydrogen) atoms. The van der Waals surface area contributed by atoms with Gasteiger partial charge in [0.15, 0.2) is 0 Å². The maximum atomic E-state index is 3.85. The van der Waals surface area contributed by atoms with E-state index in [4.69, 9.17) is 0 Å². The number of aromatic nitrogens is 2. The van der Waals surface area contributed by atoms with Crippen LogP contribution in [0.4, 0.5) is 0 Å². The fourth-order valence-corrected chi connectivity index (χ4v) is 1.40. The molecule has 0 saturated carbocycles. The zero-order chi connectivity index (χ0) is 15.9. The molecular weight excluding hydrogens is 268 g/mol. The van der Waals surface area contributed by atoms with Gasteiger partial charge in [0.25, 0.3) is 0 Å². The van der Waals surface area contributed by atoms with Gasteiger partial charge in [-0.1, -0.05) is 61.7 Å². The van der Waals surface area contributed by atoms with Crippen molar-refractivity contribution < 1.29 is 0 Å². The first-order valence-corrected chi connectivity index (χ1v) is 6.91. The molecule has 0 unspecified atom stereocenters. The molecule has 2 heterocycles. The molecule has 1 aromatic carbocycles. The van der Waals surface area contributed by atoms with Gasteiger partial charge in [-0.3, -0.25) is 9.97 Å². The zero-order valence-corrected chi connectivity index (χ0v) is 12.5. The lowest BCUT2D eigenvalue weighted by atomic mass is 10.2. The molecule has 3 aromatic rings. The van der Waals surface area contributed by atoms with E-state index in [1.165, 1.54) is 5.56 Å². The minimum Gasteiger partial charge on any atom is -0.265 e. The van der Waals surface area contributed by atoms with Gasteiger partial charge in [-0.05, 0) is 35.4 Å². The molecule has 3 rings (SSSR count). The Kier molecular flexibility index (Phi) is 9.14. The molecule has 0 atom stereocenters. The Morgan fingerprint density at radius 3 is 1.32 bits per heavy atom. The Morgan fingerprint density at radius 1 is 0.545 bits per heavy atom. The Bertz CT molecular complexity index is 549. The van der Waals surface area contributed by atoms with E-state index in [0.29, 0.717) is 0 Å². The molecule has 0 saturated heterocycles. The largest absolute Gasteiger partial charge is 0.265 e. The highest BCUT2D eigenvalue weighted by Crippen LogP contribution is 1.97. The molecular formula is C20H20N2. The van der Waals surface area contributed by atoms with Gasteiger partial charge in [0, 0.05) is 24.8 Å². The number of benzene rings is 1. The van der Waals surface area contributed by atoms with Gasteiger partial charge in [-0.25, -0.2) is 0 Å². The molecule has 0 amide bonds. The van der Waals surface area contributed by atoms with Gasteiger partial charge in [-0.15, -0.1) is 0 Å². The third-order valence-electron chi connectivity index (χ3n) is 2.54. The van der Waals surface area contributed by atoms with Crippen molar-refractivity contribution in [3.05, 3.63) is 110 Å². The Labute approximate surface area is 132 Å². The van der Waals surface area contributed by atoms with Crippen molar-refractivity contribution in [2.24, 2.45) is 0 Å². The highest BCUT2D eigenvalue weighted by Gasteiger charge is 1.77. The monoisotopic (exact) mass is 288 g/mol. The molecule has 0 aliphatic carbocycles. The number of nitrogens with zero attached hydrogens (tertiary/aromatic N) is 2. The van der Waals surface area contributed by atoms with Crippen LogP contribution in [0.2, 0.25) is 0 Å². The molecule has 0 aliphatic rings. The summed E-state index contributed by atoms with van der Waals surface area (Å²) in [6.45, 7) is 7.23. The SMILES string of the molecule is C=Cc1ccccc1.C=Cc1ccncc1.c1ccncc1. The first-order chi connectivity index (χ1) is 10.9. The second-order valence-electron chi connectivity index (χ2n) is 4.12. The number of hydrogen-bond donors (Lipinski definition) is 0. The van der Waals surface area contributed by atoms with Crippen LogP contribution in [-0.2, 0) is 0 Å². The van der Waals surface area contributed by atoms with Gasteiger partial charge in [0.05, 0.1) is 0 Å². The second kappa shape index (κ2) is 11.8. The number of rotatable bonds is 2.